The van der Waals surface area contributed by atoms with Crippen LogP contribution in [0, 0.1) is 0 Å². The first-order chi connectivity index (χ1) is 11.7. The average molecular weight is 342 g/mol. The predicted molar refractivity (Wildman–Crippen MR) is 96.3 cm³/mol. The van der Waals surface area contributed by atoms with E-state index in [2.05, 4.69) is 16.3 Å². The number of carbonyl (C=O) groups excluding carboxylic acids is 1. The molecule has 0 aliphatic carbocycles. The van der Waals surface area contributed by atoms with Gasteiger partial charge in [-0.1, -0.05) is 41.9 Å². The highest BCUT2D eigenvalue weighted by molar-refractivity contribution is 6.30. The molecule has 1 unspecified atom stereocenters. The fraction of sp³-hybridized carbons (Fsp3) is 0.316. The van der Waals surface area contributed by atoms with Crippen LogP contribution in [0.25, 0.3) is 0 Å². The van der Waals surface area contributed by atoms with Gasteiger partial charge in [0.15, 0.2) is 0 Å². The van der Waals surface area contributed by atoms with Crippen molar-refractivity contribution in [1.29, 1.82) is 0 Å². The van der Waals surface area contributed by atoms with Crippen LogP contribution >= 0.6 is 11.6 Å². The molecule has 0 radical (unpaired) electrons. The van der Waals surface area contributed by atoms with Crippen LogP contribution in [0.1, 0.15) is 17.2 Å². The molecule has 124 valence electrons. The molecule has 2 aliphatic heterocycles. The largest absolute Gasteiger partial charge is 0.314 e. The minimum absolute atomic E-state index is 0.157. The van der Waals surface area contributed by atoms with Crippen LogP contribution in [-0.4, -0.2) is 37.0 Å². The number of rotatable bonds is 3. The lowest BCUT2D eigenvalue weighted by Gasteiger charge is -2.32. The van der Waals surface area contributed by atoms with E-state index in [-0.39, 0.29) is 11.9 Å². The molecule has 0 bridgehead atoms. The lowest BCUT2D eigenvalue weighted by Crippen LogP contribution is -2.47. The van der Waals surface area contributed by atoms with Gasteiger partial charge >= 0.3 is 0 Å². The van der Waals surface area contributed by atoms with Gasteiger partial charge in [-0.15, -0.1) is 0 Å². The summed E-state index contributed by atoms with van der Waals surface area (Å²) < 4.78 is 0. The molecule has 1 amide bonds. The quantitative estimate of drug-likeness (QED) is 0.932. The molecule has 1 fully saturated rings. The zero-order valence-corrected chi connectivity index (χ0v) is 14.2. The normalized spacial score (nSPS) is 21.1. The van der Waals surface area contributed by atoms with Crippen LogP contribution in [0.3, 0.4) is 0 Å². The number of nitrogens with zero attached hydrogens (tertiary/aromatic N) is 2. The average Bonchev–Trinajstić information content (AvgIpc) is 2.90. The Morgan fingerprint density at radius 3 is 2.50 bits per heavy atom. The fourth-order valence-electron chi connectivity index (χ4n) is 3.59. The molecule has 1 saturated heterocycles. The molecule has 2 heterocycles. The third-order valence-electron chi connectivity index (χ3n) is 4.79. The number of hydrogen-bond acceptors (Lipinski definition) is 3. The summed E-state index contributed by atoms with van der Waals surface area (Å²) in [5, 5.41) is 4.07. The highest BCUT2D eigenvalue weighted by Crippen LogP contribution is 2.40. The van der Waals surface area contributed by atoms with Gasteiger partial charge in [0.2, 0.25) is 5.91 Å². The first-order valence-corrected chi connectivity index (χ1v) is 8.71. The van der Waals surface area contributed by atoms with Crippen LogP contribution < -0.4 is 10.2 Å². The number of piperazine rings is 1. The summed E-state index contributed by atoms with van der Waals surface area (Å²) in [6.45, 7) is 4.25. The van der Waals surface area contributed by atoms with Crippen LogP contribution in [0.5, 0.6) is 0 Å². The van der Waals surface area contributed by atoms with Crippen molar-refractivity contribution in [2.75, 3.05) is 31.1 Å². The lowest BCUT2D eigenvalue weighted by atomic mass is 10.1. The van der Waals surface area contributed by atoms with E-state index in [0.717, 1.165) is 43.0 Å². The van der Waals surface area contributed by atoms with Crippen LogP contribution in [0.2, 0.25) is 5.02 Å². The van der Waals surface area contributed by atoms with Crippen LogP contribution in [-0.2, 0) is 11.3 Å². The monoisotopic (exact) mass is 341 g/mol. The Hall–Kier alpha value is -1.88. The maximum atomic E-state index is 13.2. The zero-order valence-electron chi connectivity index (χ0n) is 13.4. The molecule has 24 heavy (non-hydrogen) atoms. The Morgan fingerprint density at radius 1 is 1.04 bits per heavy atom. The van der Waals surface area contributed by atoms with Crippen LogP contribution in [0.4, 0.5) is 5.69 Å². The Morgan fingerprint density at radius 2 is 1.75 bits per heavy atom. The number of amides is 1. The van der Waals surface area contributed by atoms with Gasteiger partial charge in [0, 0.05) is 42.5 Å². The van der Waals surface area contributed by atoms with Gasteiger partial charge in [-0.3, -0.25) is 9.69 Å². The van der Waals surface area contributed by atoms with Crippen LogP contribution in [0.15, 0.2) is 48.5 Å². The number of carbonyl (C=O) groups is 1. The highest BCUT2D eigenvalue weighted by Gasteiger charge is 2.40. The zero-order chi connectivity index (χ0) is 16.5. The molecule has 1 atom stereocenters. The third kappa shape index (κ3) is 2.81. The second-order valence-corrected chi connectivity index (χ2v) is 6.73. The van der Waals surface area contributed by atoms with Gasteiger partial charge < -0.3 is 10.2 Å². The molecule has 0 aromatic heterocycles. The number of para-hydroxylation sites is 1. The first-order valence-electron chi connectivity index (χ1n) is 8.33. The predicted octanol–water partition coefficient (Wildman–Crippen LogP) is 2.83. The number of benzene rings is 2. The van der Waals surface area contributed by atoms with E-state index in [9.17, 15) is 4.79 Å². The van der Waals surface area contributed by atoms with Gasteiger partial charge in [-0.25, -0.2) is 0 Å². The molecule has 4 rings (SSSR count). The third-order valence-corrected chi connectivity index (χ3v) is 5.04. The van der Waals surface area contributed by atoms with E-state index < -0.39 is 0 Å². The van der Waals surface area contributed by atoms with E-state index in [1.54, 1.807) is 0 Å². The standard InChI is InChI=1S/C19H20ClN3O/c20-15-7-5-14(6-8-15)13-23-17-4-2-1-3-16(17)18(19(23)24)22-11-9-21-10-12-22/h1-8,18,21H,9-13H2. The number of nitrogens with one attached hydrogen (secondary N) is 1. The summed E-state index contributed by atoms with van der Waals surface area (Å²) in [5.74, 6) is 0.174. The maximum Gasteiger partial charge on any atom is 0.249 e. The Bertz CT molecular complexity index is 741. The molecule has 2 aliphatic rings. The van der Waals surface area contributed by atoms with Crippen molar-refractivity contribution >= 4 is 23.2 Å². The molecule has 4 nitrogen and oxygen atoms in total. The lowest BCUT2D eigenvalue weighted by molar-refractivity contribution is -0.123. The smallest absolute Gasteiger partial charge is 0.249 e. The molecule has 2 aromatic carbocycles. The Labute approximate surface area is 147 Å². The number of halogens is 1. The summed E-state index contributed by atoms with van der Waals surface area (Å²) in [4.78, 5) is 17.4. The minimum Gasteiger partial charge on any atom is -0.314 e. The van der Waals surface area contributed by atoms with Gasteiger partial charge in [-0.2, -0.15) is 0 Å². The molecule has 0 spiro atoms. The van der Waals surface area contributed by atoms with Crippen molar-refractivity contribution in [3.05, 3.63) is 64.7 Å². The fourth-order valence-corrected chi connectivity index (χ4v) is 3.72. The summed E-state index contributed by atoms with van der Waals surface area (Å²) >= 11 is 5.97. The molecule has 2 aromatic rings. The van der Waals surface area contributed by atoms with E-state index in [1.807, 2.05) is 47.4 Å². The van der Waals surface area contributed by atoms with Gasteiger partial charge in [0.25, 0.3) is 0 Å². The van der Waals surface area contributed by atoms with Gasteiger partial charge in [0.1, 0.15) is 6.04 Å². The van der Waals surface area contributed by atoms with Crippen molar-refractivity contribution in [3.63, 3.8) is 0 Å². The van der Waals surface area contributed by atoms with Crippen molar-refractivity contribution < 1.29 is 4.79 Å². The SMILES string of the molecule is O=C1C(N2CCNCC2)c2ccccc2N1Cc1ccc(Cl)cc1. The van der Waals surface area contributed by atoms with E-state index in [1.165, 1.54) is 0 Å². The van der Waals surface area contributed by atoms with Crippen molar-refractivity contribution in [3.8, 4) is 0 Å². The van der Waals surface area contributed by atoms with E-state index >= 15 is 0 Å². The summed E-state index contributed by atoms with van der Waals surface area (Å²) in [7, 11) is 0. The molecular formula is C19H20ClN3O. The van der Waals surface area contributed by atoms with E-state index in [4.69, 9.17) is 11.6 Å². The summed E-state index contributed by atoms with van der Waals surface area (Å²) in [5.41, 5.74) is 3.24. The summed E-state index contributed by atoms with van der Waals surface area (Å²) in [6, 6.07) is 15.7. The van der Waals surface area contributed by atoms with Crippen molar-refractivity contribution in [1.82, 2.24) is 10.2 Å². The van der Waals surface area contributed by atoms with Gasteiger partial charge in [-0.05, 0) is 23.8 Å². The van der Waals surface area contributed by atoms with Crippen molar-refractivity contribution in [2.45, 2.75) is 12.6 Å². The maximum absolute atomic E-state index is 13.2. The molecule has 1 N–H and O–H groups in total. The summed E-state index contributed by atoms with van der Waals surface area (Å²) in [6.07, 6.45) is 0. The van der Waals surface area contributed by atoms with E-state index in [0.29, 0.717) is 11.6 Å². The Kier molecular flexibility index (Phi) is 4.27. The number of fused-ring (bicyclic) bond motifs is 1. The molecule has 0 saturated carbocycles. The minimum atomic E-state index is -0.157. The second-order valence-electron chi connectivity index (χ2n) is 6.30. The first kappa shape index (κ1) is 15.6. The molecule has 5 heteroatoms. The topological polar surface area (TPSA) is 35.6 Å². The Balaban J connectivity index is 1.65. The number of hydrogen-bond donors (Lipinski definition) is 1. The van der Waals surface area contributed by atoms with Gasteiger partial charge in [0.05, 0.1) is 6.54 Å². The molecular weight excluding hydrogens is 322 g/mol. The van der Waals surface area contributed by atoms with Crippen molar-refractivity contribution in [2.24, 2.45) is 0 Å². The number of anilines is 1. The highest BCUT2D eigenvalue weighted by atomic mass is 35.5. The second kappa shape index (κ2) is 6.55.